The minimum atomic E-state index is 0.332. The van der Waals surface area contributed by atoms with Crippen molar-refractivity contribution in [2.24, 2.45) is 5.11 Å². The van der Waals surface area contributed by atoms with Gasteiger partial charge in [0, 0.05) is 9.93 Å². The van der Waals surface area contributed by atoms with Gasteiger partial charge >= 0.3 is 0 Å². The molecular formula is C8H8ClN3O. The standard InChI is InChI=1S/C8H8ClN3O/c9-7-1-3-8(4-2-7)13-6-5-11-12-10/h1-4H,5-6H2. The summed E-state index contributed by atoms with van der Waals surface area (Å²) in [7, 11) is 0. The highest BCUT2D eigenvalue weighted by molar-refractivity contribution is 6.30. The van der Waals surface area contributed by atoms with E-state index in [-0.39, 0.29) is 0 Å². The Kier molecular flexibility index (Phi) is 3.96. The highest BCUT2D eigenvalue weighted by atomic mass is 35.5. The number of halogens is 1. The normalized spacial score (nSPS) is 9.00. The summed E-state index contributed by atoms with van der Waals surface area (Å²) in [6.45, 7) is 0.713. The number of ether oxygens (including phenoxy) is 1. The Bertz CT molecular complexity index is 306. The summed E-state index contributed by atoms with van der Waals surface area (Å²) in [5.41, 5.74) is 7.99. The van der Waals surface area contributed by atoms with E-state index in [9.17, 15) is 0 Å². The quantitative estimate of drug-likeness (QED) is 0.317. The summed E-state index contributed by atoms with van der Waals surface area (Å²) in [6.07, 6.45) is 0. The number of hydrogen-bond donors (Lipinski definition) is 0. The molecule has 13 heavy (non-hydrogen) atoms. The van der Waals surface area contributed by atoms with Crippen LogP contribution >= 0.6 is 11.6 Å². The number of hydrogen-bond acceptors (Lipinski definition) is 2. The van der Waals surface area contributed by atoms with Gasteiger partial charge in [-0.2, -0.15) is 0 Å². The zero-order valence-corrected chi connectivity index (χ0v) is 7.61. The Labute approximate surface area is 80.7 Å². The second-order valence-corrected chi connectivity index (χ2v) is 2.69. The van der Waals surface area contributed by atoms with Gasteiger partial charge in [0.05, 0.1) is 13.2 Å². The lowest BCUT2D eigenvalue weighted by Gasteiger charge is -2.02. The first-order valence-corrected chi connectivity index (χ1v) is 4.10. The van der Waals surface area contributed by atoms with Gasteiger partial charge < -0.3 is 4.74 Å². The summed E-state index contributed by atoms with van der Waals surface area (Å²) in [5, 5.41) is 4.00. The SMILES string of the molecule is [N-]=[N+]=NCCOc1ccc(Cl)cc1. The largest absolute Gasteiger partial charge is 0.493 e. The lowest BCUT2D eigenvalue weighted by molar-refractivity contribution is 0.328. The van der Waals surface area contributed by atoms with Crippen molar-refractivity contribution in [3.05, 3.63) is 39.7 Å². The van der Waals surface area contributed by atoms with E-state index in [0.29, 0.717) is 18.2 Å². The van der Waals surface area contributed by atoms with Crippen LogP contribution in [-0.2, 0) is 0 Å². The fourth-order valence-corrected chi connectivity index (χ4v) is 0.906. The van der Waals surface area contributed by atoms with Crippen LogP contribution in [0.4, 0.5) is 0 Å². The third-order valence-electron chi connectivity index (χ3n) is 1.34. The third kappa shape index (κ3) is 3.69. The molecule has 0 saturated carbocycles. The average molecular weight is 198 g/mol. The molecule has 0 aliphatic carbocycles. The minimum absolute atomic E-state index is 0.332. The lowest BCUT2D eigenvalue weighted by atomic mass is 10.3. The summed E-state index contributed by atoms with van der Waals surface area (Å²) in [5.74, 6) is 0.720. The lowest BCUT2D eigenvalue weighted by Crippen LogP contribution is -1.99. The van der Waals surface area contributed by atoms with E-state index in [1.807, 2.05) is 0 Å². The fourth-order valence-electron chi connectivity index (χ4n) is 0.780. The van der Waals surface area contributed by atoms with Crippen LogP contribution in [0, 0.1) is 0 Å². The highest BCUT2D eigenvalue weighted by Crippen LogP contribution is 2.15. The second kappa shape index (κ2) is 5.30. The van der Waals surface area contributed by atoms with Gasteiger partial charge in [-0.15, -0.1) is 0 Å². The summed E-state index contributed by atoms with van der Waals surface area (Å²) >= 11 is 5.67. The molecule has 1 aromatic carbocycles. The number of rotatable bonds is 4. The van der Waals surface area contributed by atoms with Crippen molar-refractivity contribution in [1.29, 1.82) is 0 Å². The molecule has 4 nitrogen and oxygen atoms in total. The summed E-state index contributed by atoms with van der Waals surface area (Å²) < 4.78 is 5.24. The molecule has 0 radical (unpaired) electrons. The molecule has 0 saturated heterocycles. The second-order valence-electron chi connectivity index (χ2n) is 2.26. The number of benzene rings is 1. The Morgan fingerprint density at radius 1 is 1.38 bits per heavy atom. The first-order valence-electron chi connectivity index (χ1n) is 3.72. The van der Waals surface area contributed by atoms with Crippen LogP contribution in [0.3, 0.4) is 0 Å². The van der Waals surface area contributed by atoms with Crippen LogP contribution in [0.1, 0.15) is 0 Å². The van der Waals surface area contributed by atoms with E-state index in [4.69, 9.17) is 21.9 Å². The molecule has 0 aliphatic rings. The van der Waals surface area contributed by atoms with E-state index in [1.54, 1.807) is 24.3 Å². The predicted octanol–water partition coefficient (Wildman–Crippen LogP) is 3.03. The van der Waals surface area contributed by atoms with E-state index in [0.717, 1.165) is 5.75 Å². The van der Waals surface area contributed by atoms with Crippen molar-refractivity contribution in [3.8, 4) is 5.75 Å². The van der Waals surface area contributed by atoms with Crippen molar-refractivity contribution in [3.63, 3.8) is 0 Å². The average Bonchev–Trinajstić information content (AvgIpc) is 2.15. The first-order chi connectivity index (χ1) is 6.33. The molecular weight excluding hydrogens is 190 g/mol. The van der Waals surface area contributed by atoms with Gasteiger partial charge in [-0.25, -0.2) is 0 Å². The number of nitrogens with zero attached hydrogens (tertiary/aromatic N) is 3. The van der Waals surface area contributed by atoms with Gasteiger partial charge in [-0.3, -0.25) is 0 Å². The topological polar surface area (TPSA) is 58.0 Å². The van der Waals surface area contributed by atoms with Gasteiger partial charge in [0.15, 0.2) is 0 Å². The van der Waals surface area contributed by atoms with Crippen LogP contribution in [0.15, 0.2) is 29.4 Å². The minimum Gasteiger partial charge on any atom is -0.493 e. The molecule has 0 fully saturated rings. The van der Waals surface area contributed by atoms with Gasteiger partial charge in [0.2, 0.25) is 0 Å². The van der Waals surface area contributed by atoms with Gasteiger partial charge in [-0.1, -0.05) is 16.7 Å². The molecule has 0 bridgehead atoms. The maximum absolute atomic E-state index is 7.99. The van der Waals surface area contributed by atoms with E-state index < -0.39 is 0 Å². The van der Waals surface area contributed by atoms with Crippen molar-refractivity contribution in [2.75, 3.05) is 13.2 Å². The predicted molar refractivity (Wildman–Crippen MR) is 51.0 cm³/mol. The maximum atomic E-state index is 7.99. The smallest absolute Gasteiger partial charge is 0.119 e. The monoisotopic (exact) mass is 197 g/mol. The molecule has 0 N–H and O–H groups in total. The van der Waals surface area contributed by atoms with Crippen LogP contribution in [-0.4, -0.2) is 13.2 Å². The number of azide groups is 1. The van der Waals surface area contributed by atoms with Crippen LogP contribution < -0.4 is 4.74 Å². The zero-order valence-electron chi connectivity index (χ0n) is 6.85. The van der Waals surface area contributed by atoms with Crippen LogP contribution in [0.2, 0.25) is 5.02 Å². The summed E-state index contributed by atoms with van der Waals surface area (Å²) in [4.78, 5) is 2.60. The molecule has 0 aliphatic heterocycles. The van der Waals surface area contributed by atoms with E-state index in [2.05, 4.69) is 10.0 Å². The molecule has 0 heterocycles. The van der Waals surface area contributed by atoms with Crippen LogP contribution in [0.25, 0.3) is 10.4 Å². The molecule has 0 unspecified atom stereocenters. The molecule has 1 rings (SSSR count). The zero-order chi connectivity index (χ0) is 9.52. The first kappa shape index (κ1) is 9.71. The summed E-state index contributed by atoms with van der Waals surface area (Å²) in [6, 6.07) is 7.01. The molecule has 0 aromatic heterocycles. The van der Waals surface area contributed by atoms with Gasteiger partial charge in [0.1, 0.15) is 5.75 Å². The van der Waals surface area contributed by atoms with Crippen LogP contribution in [0.5, 0.6) is 5.75 Å². The van der Waals surface area contributed by atoms with Crippen molar-refractivity contribution < 1.29 is 4.74 Å². The van der Waals surface area contributed by atoms with E-state index in [1.165, 1.54) is 0 Å². The Balaban J connectivity index is 2.37. The van der Waals surface area contributed by atoms with Crippen molar-refractivity contribution in [2.45, 2.75) is 0 Å². The molecule has 1 aromatic rings. The Morgan fingerprint density at radius 2 is 2.08 bits per heavy atom. The molecule has 0 spiro atoms. The fraction of sp³-hybridized carbons (Fsp3) is 0.250. The van der Waals surface area contributed by atoms with Crippen molar-refractivity contribution in [1.82, 2.24) is 0 Å². The Morgan fingerprint density at radius 3 is 2.69 bits per heavy atom. The molecule has 0 amide bonds. The Hall–Kier alpha value is -1.38. The van der Waals surface area contributed by atoms with Crippen molar-refractivity contribution >= 4 is 11.6 Å². The molecule has 5 heteroatoms. The maximum Gasteiger partial charge on any atom is 0.119 e. The third-order valence-corrected chi connectivity index (χ3v) is 1.59. The van der Waals surface area contributed by atoms with E-state index >= 15 is 0 Å². The molecule has 68 valence electrons. The molecule has 0 atom stereocenters. The highest BCUT2D eigenvalue weighted by Gasteiger charge is 1.91. The van der Waals surface area contributed by atoms with Gasteiger partial charge in [0.25, 0.3) is 0 Å². The van der Waals surface area contributed by atoms with Gasteiger partial charge in [-0.05, 0) is 29.8 Å².